The second-order valence-corrected chi connectivity index (χ2v) is 9.91. The Labute approximate surface area is 182 Å². The number of aromatic nitrogens is 1. The molecule has 11 heteroatoms. The van der Waals surface area contributed by atoms with Crippen LogP contribution < -0.4 is 19.2 Å². The molecule has 1 amide bonds. The Kier molecular flexibility index (Phi) is 6.11. The Balaban J connectivity index is 1.91. The van der Waals surface area contributed by atoms with Gasteiger partial charge in [0, 0.05) is 12.7 Å². The van der Waals surface area contributed by atoms with Crippen molar-refractivity contribution in [3.05, 3.63) is 51.1 Å². The Bertz CT molecular complexity index is 1280. The molecule has 0 fully saturated rings. The molecule has 8 nitrogen and oxygen atoms in total. The molecule has 0 aliphatic carbocycles. The number of anilines is 2. The maximum Gasteiger partial charge on any atom is 0.307 e. The molecule has 1 aromatic heterocycles. The second-order valence-electron chi connectivity index (χ2n) is 6.65. The van der Waals surface area contributed by atoms with Crippen LogP contribution in [0.5, 0.6) is 5.75 Å². The van der Waals surface area contributed by atoms with Gasteiger partial charge in [-0.2, -0.15) is 0 Å². The predicted octanol–water partition coefficient (Wildman–Crippen LogP) is 3.06. The molecule has 0 spiro atoms. The average molecular weight is 470 g/mol. The molecule has 1 atom stereocenters. The van der Waals surface area contributed by atoms with E-state index < -0.39 is 22.0 Å². The number of halogens is 1. The summed E-state index contributed by atoms with van der Waals surface area (Å²) in [5, 5.41) is 2.94. The summed E-state index contributed by atoms with van der Waals surface area (Å²) in [5.74, 6) is -0.142. The molecule has 0 aliphatic rings. The van der Waals surface area contributed by atoms with Crippen LogP contribution >= 0.6 is 22.9 Å². The number of benzene rings is 2. The molecule has 0 unspecified atom stereocenters. The summed E-state index contributed by atoms with van der Waals surface area (Å²) in [6, 6.07) is 8.49. The monoisotopic (exact) mass is 469 g/mol. The first-order chi connectivity index (χ1) is 14.0. The SMILES string of the molecule is COc1ccc(N([C@H](C)C(=O)Nc2ccc3c(c2)sc(=O)n3C)S(C)(=O)=O)cc1Cl. The van der Waals surface area contributed by atoms with Gasteiger partial charge in [0.15, 0.2) is 0 Å². The smallest absolute Gasteiger partial charge is 0.307 e. The average Bonchev–Trinajstić information content (AvgIpc) is 2.94. The summed E-state index contributed by atoms with van der Waals surface area (Å²) >= 11 is 7.20. The third-order valence-electron chi connectivity index (χ3n) is 4.54. The highest BCUT2D eigenvalue weighted by Crippen LogP contribution is 2.31. The van der Waals surface area contributed by atoms with Gasteiger partial charge in [0.2, 0.25) is 15.9 Å². The van der Waals surface area contributed by atoms with Crippen LogP contribution in [0.2, 0.25) is 5.02 Å². The van der Waals surface area contributed by atoms with E-state index in [2.05, 4.69) is 5.32 Å². The number of aryl methyl sites for hydroxylation is 1. The largest absolute Gasteiger partial charge is 0.495 e. The van der Waals surface area contributed by atoms with E-state index in [-0.39, 0.29) is 15.6 Å². The Morgan fingerprint density at radius 2 is 1.97 bits per heavy atom. The standard InChI is InChI=1S/C19H20ClN3O5S2/c1-11(23(30(4,26)27)13-6-8-16(28-3)14(20)10-13)18(24)21-12-5-7-15-17(9-12)29-19(25)22(15)2/h5-11H,1-4H3,(H,21,24)/t11-/m1/s1. The fourth-order valence-corrected chi connectivity index (χ4v) is 5.40. The minimum Gasteiger partial charge on any atom is -0.495 e. The maximum atomic E-state index is 12.9. The van der Waals surface area contributed by atoms with Crippen LogP contribution in [0.4, 0.5) is 11.4 Å². The van der Waals surface area contributed by atoms with Crippen LogP contribution in [0.3, 0.4) is 0 Å². The zero-order valence-electron chi connectivity index (χ0n) is 16.7. The Morgan fingerprint density at radius 1 is 1.27 bits per heavy atom. The fourth-order valence-electron chi connectivity index (χ4n) is 3.06. The molecule has 1 N–H and O–H groups in total. The molecule has 0 saturated carbocycles. The molecule has 2 aromatic carbocycles. The van der Waals surface area contributed by atoms with Gasteiger partial charge in [0.05, 0.1) is 34.3 Å². The van der Waals surface area contributed by atoms with Crippen LogP contribution in [0.1, 0.15) is 6.92 Å². The number of carbonyl (C=O) groups excluding carboxylic acids is 1. The molecule has 160 valence electrons. The quantitative estimate of drug-likeness (QED) is 0.598. The molecular weight excluding hydrogens is 450 g/mol. The number of sulfonamides is 1. The van der Waals surface area contributed by atoms with Crippen molar-refractivity contribution in [1.29, 1.82) is 0 Å². The lowest BCUT2D eigenvalue weighted by atomic mass is 10.2. The zero-order chi connectivity index (χ0) is 22.2. The highest BCUT2D eigenvalue weighted by atomic mass is 35.5. The molecule has 0 bridgehead atoms. The number of nitrogens with zero attached hydrogens (tertiary/aromatic N) is 2. The molecule has 0 radical (unpaired) electrons. The first-order valence-corrected chi connectivity index (χ1v) is 11.8. The van der Waals surface area contributed by atoms with Gasteiger partial charge in [-0.15, -0.1) is 0 Å². The first kappa shape index (κ1) is 22.1. The number of rotatable bonds is 6. The van der Waals surface area contributed by atoms with Crippen molar-refractivity contribution in [3.63, 3.8) is 0 Å². The summed E-state index contributed by atoms with van der Waals surface area (Å²) in [4.78, 5) is 24.6. The van der Waals surface area contributed by atoms with E-state index in [1.807, 2.05) is 0 Å². The number of amides is 1. The Morgan fingerprint density at radius 3 is 2.57 bits per heavy atom. The lowest BCUT2D eigenvalue weighted by Gasteiger charge is -2.28. The number of nitrogens with one attached hydrogen (secondary N) is 1. The number of hydrogen-bond acceptors (Lipinski definition) is 6. The van der Waals surface area contributed by atoms with Gasteiger partial charge in [0.25, 0.3) is 0 Å². The number of carbonyl (C=O) groups is 1. The maximum absolute atomic E-state index is 12.9. The van der Waals surface area contributed by atoms with Crippen molar-refractivity contribution in [2.24, 2.45) is 7.05 Å². The van der Waals surface area contributed by atoms with E-state index in [1.54, 1.807) is 25.2 Å². The van der Waals surface area contributed by atoms with E-state index in [1.165, 1.54) is 36.8 Å². The third kappa shape index (κ3) is 4.30. The number of fused-ring (bicyclic) bond motifs is 1. The summed E-state index contributed by atoms with van der Waals surface area (Å²) in [7, 11) is -0.675. The highest BCUT2D eigenvalue weighted by molar-refractivity contribution is 7.92. The third-order valence-corrected chi connectivity index (χ3v) is 7.07. The Hall–Kier alpha value is -2.56. The van der Waals surface area contributed by atoms with Crippen LogP contribution in [0.25, 0.3) is 10.2 Å². The van der Waals surface area contributed by atoms with E-state index in [4.69, 9.17) is 16.3 Å². The van der Waals surface area contributed by atoms with E-state index >= 15 is 0 Å². The van der Waals surface area contributed by atoms with E-state index in [0.717, 1.165) is 32.1 Å². The number of methoxy groups -OCH3 is 1. The molecule has 0 saturated heterocycles. The van der Waals surface area contributed by atoms with Gasteiger partial charge in [-0.1, -0.05) is 22.9 Å². The van der Waals surface area contributed by atoms with Crippen molar-refractivity contribution in [2.45, 2.75) is 13.0 Å². The number of thiazole rings is 1. The second kappa shape index (κ2) is 8.29. The molecule has 1 heterocycles. The molecule has 3 aromatic rings. The summed E-state index contributed by atoms with van der Waals surface area (Å²) in [6.07, 6.45) is 1.02. The summed E-state index contributed by atoms with van der Waals surface area (Å²) in [5.41, 5.74) is 1.45. The summed E-state index contributed by atoms with van der Waals surface area (Å²) < 4.78 is 33.2. The molecule has 30 heavy (non-hydrogen) atoms. The van der Waals surface area contributed by atoms with Gasteiger partial charge in [0.1, 0.15) is 11.8 Å². The number of ether oxygens (including phenoxy) is 1. The topological polar surface area (TPSA) is 97.7 Å². The van der Waals surface area contributed by atoms with E-state index in [9.17, 15) is 18.0 Å². The van der Waals surface area contributed by atoms with Crippen LogP contribution in [-0.2, 0) is 21.9 Å². The van der Waals surface area contributed by atoms with Crippen LogP contribution in [-0.4, -0.2) is 38.3 Å². The fraction of sp³-hybridized carbons (Fsp3) is 0.263. The summed E-state index contributed by atoms with van der Waals surface area (Å²) in [6.45, 7) is 1.48. The molecular formula is C19H20ClN3O5S2. The van der Waals surface area contributed by atoms with Gasteiger partial charge < -0.3 is 14.6 Å². The van der Waals surface area contributed by atoms with Crippen LogP contribution in [0, 0.1) is 0 Å². The van der Waals surface area contributed by atoms with Gasteiger partial charge >= 0.3 is 4.87 Å². The lowest BCUT2D eigenvalue weighted by Crippen LogP contribution is -2.45. The van der Waals surface area contributed by atoms with E-state index in [0.29, 0.717) is 11.4 Å². The normalized spacial score (nSPS) is 12.6. The minimum atomic E-state index is -3.80. The molecule has 0 aliphatic heterocycles. The number of hydrogen-bond donors (Lipinski definition) is 1. The molecule has 3 rings (SSSR count). The highest BCUT2D eigenvalue weighted by Gasteiger charge is 2.29. The minimum absolute atomic E-state index is 0.110. The van der Waals surface area contributed by atoms with Gasteiger partial charge in [-0.3, -0.25) is 13.9 Å². The first-order valence-electron chi connectivity index (χ1n) is 8.76. The van der Waals surface area contributed by atoms with Gasteiger partial charge in [-0.05, 0) is 43.3 Å². The zero-order valence-corrected chi connectivity index (χ0v) is 19.1. The van der Waals surface area contributed by atoms with Crippen molar-refractivity contribution < 1.29 is 17.9 Å². The van der Waals surface area contributed by atoms with Crippen molar-refractivity contribution in [2.75, 3.05) is 23.0 Å². The van der Waals surface area contributed by atoms with Crippen molar-refractivity contribution >= 4 is 60.5 Å². The lowest BCUT2D eigenvalue weighted by molar-refractivity contribution is -0.116. The van der Waals surface area contributed by atoms with Crippen molar-refractivity contribution in [1.82, 2.24) is 4.57 Å². The predicted molar refractivity (Wildman–Crippen MR) is 120 cm³/mol. The van der Waals surface area contributed by atoms with Crippen LogP contribution in [0.15, 0.2) is 41.2 Å². The van der Waals surface area contributed by atoms with Crippen molar-refractivity contribution in [3.8, 4) is 5.75 Å². The van der Waals surface area contributed by atoms with Gasteiger partial charge in [-0.25, -0.2) is 8.42 Å².